The normalized spacial score (nSPS) is 15.3. The third-order valence-corrected chi connectivity index (χ3v) is 3.99. The number of benzene rings is 1. The molecule has 3 nitrogen and oxygen atoms in total. The van der Waals surface area contributed by atoms with Crippen LogP contribution in [-0.2, 0) is 4.74 Å². The van der Waals surface area contributed by atoms with Gasteiger partial charge in [0.05, 0.1) is 6.61 Å². The summed E-state index contributed by atoms with van der Waals surface area (Å²) in [4.78, 5) is 13.7. The van der Waals surface area contributed by atoms with Crippen LogP contribution in [0.4, 0.5) is 5.69 Å². The quantitative estimate of drug-likeness (QED) is 0.628. The Labute approximate surface area is 122 Å². The van der Waals surface area contributed by atoms with Gasteiger partial charge < -0.3 is 9.64 Å². The lowest BCUT2D eigenvalue weighted by molar-refractivity contribution is 0.101. The fourth-order valence-corrected chi connectivity index (χ4v) is 2.89. The van der Waals surface area contributed by atoms with Crippen LogP contribution in [0.3, 0.4) is 0 Å². The van der Waals surface area contributed by atoms with E-state index in [1.54, 1.807) is 14.0 Å². The molecule has 0 amide bonds. The molecule has 1 aromatic carbocycles. The lowest BCUT2D eigenvalue weighted by atomic mass is 10.1. The fourth-order valence-electron chi connectivity index (χ4n) is 2.25. The number of anilines is 1. The second kappa shape index (κ2) is 6.35. The first-order valence-electron chi connectivity index (χ1n) is 6.34. The van der Waals surface area contributed by atoms with Gasteiger partial charge in [0.1, 0.15) is 0 Å². The van der Waals surface area contributed by atoms with Gasteiger partial charge >= 0.3 is 0 Å². The minimum atomic E-state index is 0.0827. The predicted molar refractivity (Wildman–Crippen MR) is 80.9 cm³/mol. The Morgan fingerprint density at radius 1 is 1.47 bits per heavy atom. The molecule has 0 unspecified atom stereocenters. The van der Waals surface area contributed by atoms with Crippen LogP contribution in [0, 0.1) is 0 Å². The van der Waals surface area contributed by atoms with E-state index in [4.69, 9.17) is 4.74 Å². The molecule has 0 fully saturated rings. The van der Waals surface area contributed by atoms with Gasteiger partial charge in [-0.15, -0.1) is 0 Å². The van der Waals surface area contributed by atoms with E-state index in [2.05, 4.69) is 26.9 Å². The summed E-state index contributed by atoms with van der Waals surface area (Å²) in [5.74, 6) is 0.0827. The van der Waals surface area contributed by atoms with Crippen molar-refractivity contribution >= 4 is 27.4 Å². The van der Waals surface area contributed by atoms with Crippen LogP contribution in [0.1, 0.15) is 23.7 Å². The van der Waals surface area contributed by atoms with Crippen LogP contribution >= 0.6 is 15.9 Å². The Bertz CT molecular complexity index is 511. The van der Waals surface area contributed by atoms with E-state index in [9.17, 15) is 4.79 Å². The van der Waals surface area contributed by atoms with Crippen molar-refractivity contribution in [3.05, 3.63) is 39.9 Å². The summed E-state index contributed by atoms with van der Waals surface area (Å²) in [6.07, 6.45) is 3.25. The molecule has 19 heavy (non-hydrogen) atoms. The molecule has 0 N–H and O–H groups in total. The summed E-state index contributed by atoms with van der Waals surface area (Å²) in [6, 6.07) is 5.92. The molecule has 0 spiro atoms. The zero-order valence-corrected chi connectivity index (χ0v) is 12.9. The molecule has 0 bridgehead atoms. The summed E-state index contributed by atoms with van der Waals surface area (Å²) >= 11 is 3.47. The average Bonchev–Trinajstić information content (AvgIpc) is 2.39. The molecule has 1 aliphatic heterocycles. The molecule has 1 aliphatic rings. The molecule has 0 saturated heterocycles. The zero-order valence-electron chi connectivity index (χ0n) is 11.3. The summed E-state index contributed by atoms with van der Waals surface area (Å²) in [5.41, 5.74) is 3.24. The number of hydrogen-bond donors (Lipinski definition) is 0. The third kappa shape index (κ3) is 3.45. The maximum Gasteiger partial charge on any atom is 0.160 e. The van der Waals surface area contributed by atoms with Crippen molar-refractivity contribution in [2.75, 3.05) is 31.7 Å². The minimum absolute atomic E-state index is 0.0827. The Balaban J connectivity index is 2.12. The Kier molecular flexibility index (Phi) is 4.77. The number of methoxy groups -OCH3 is 1. The molecule has 0 saturated carbocycles. The number of halogens is 1. The molecule has 0 atom stereocenters. The van der Waals surface area contributed by atoms with Gasteiger partial charge in [0.15, 0.2) is 5.78 Å². The van der Waals surface area contributed by atoms with Gasteiger partial charge in [-0.05, 0) is 53.0 Å². The monoisotopic (exact) mass is 323 g/mol. The van der Waals surface area contributed by atoms with Crippen LogP contribution < -0.4 is 4.90 Å². The second-order valence-corrected chi connectivity index (χ2v) is 5.57. The smallest absolute Gasteiger partial charge is 0.160 e. The van der Waals surface area contributed by atoms with E-state index in [-0.39, 0.29) is 5.78 Å². The number of rotatable bonds is 4. The number of carbonyl (C=O) groups is 1. The predicted octanol–water partition coefficient (Wildman–Crippen LogP) is 3.43. The molecule has 0 radical (unpaired) electrons. The molecular formula is C15H18BrNO2. The van der Waals surface area contributed by atoms with Crippen LogP contribution in [0.5, 0.6) is 0 Å². The van der Waals surface area contributed by atoms with Gasteiger partial charge in [-0.1, -0.05) is 6.08 Å². The Morgan fingerprint density at radius 3 is 2.79 bits per heavy atom. The largest absolute Gasteiger partial charge is 0.380 e. The highest BCUT2D eigenvalue weighted by Crippen LogP contribution is 2.26. The summed E-state index contributed by atoms with van der Waals surface area (Å²) in [7, 11) is 1.73. The first-order chi connectivity index (χ1) is 9.11. The highest BCUT2D eigenvalue weighted by atomic mass is 79.9. The molecule has 1 aromatic rings. The van der Waals surface area contributed by atoms with Crippen LogP contribution in [0.2, 0.25) is 0 Å². The standard InChI is InChI=1S/C15H18BrNO2/c1-11(18)14-4-3-13(9-15(14)16)17-7-5-12(6-8-17)10-19-2/h3-5,9H,6-8,10H2,1-2H3. The van der Waals surface area contributed by atoms with Crippen molar-refractivity contribution < 1.29 is 9.53 Å². The minimum Gasteiger partial charge on any atom is -0.380 e. The van der Waals surface area contributed by atoms with Crippen molar-refractivity contribution in [3.63, 3.8) is 0 Å². The van der Waals surface area contributed by atoms with E-state index < -0.39 is 0 Å². The average molecular weight is 324 g/mol. The van der Waals surface area contributed by atoms with Crippen LogP contribution in [-0.4, -0.2) is 32.6 Å². The van der Waals surface area contributed by atoms with E-state index in [1.807, 2.05) is 18.2 Å². The van der Waals surface area contributed by atoms with Crippen molar-refractivity contribution in [1.82, 2.24) is 0 Å². The number of ketones is 1. The number of carbonyl (C=O) groups excluding carboxylic acids is 1. The topological polar surface area (TPSA) is 29.5 Å². The maximum atomic E-state index is 11.4. The van der Waals surface area contributed by atoms with Crippen LogP contribution in [0.25, 0.3) is 0 Å². The summed E-state index contributed by atoms with van der Waals surface area (Å²) in [6.45, 7) is 4.19. The van der Waals surface area contributed by atoms with Crippen molar-refractivity contribution in [3.8, 4) is 0 Å². The fraction of sp³-hybridized carbons (Fsp3) is 0.400. The molecule has 0 aromatic heterocycles. The van der Waals surface area contributed by atoms with Gasteiger partial charge in [-0.3, -0.25) is 4.79 Å². The van der Waals surface area contributed by atoms with Gasteiger partial charge in [0.2, 0.25) is 0 Å². The summed E-state index contributed by atoms with van der Waals surface area (Å²) < 4.78 is 6.02. The molecule has 102 valence electrons. The lowest BCUT2D eigenvalue weighted by Crippen LogP contribution is -2.29. The Morgan fingerprint density at radius 2 is 2.26 bits per heavy atom. The number of ether oxygens (including phenoxy) is 1. The van der Waals surface area contributed by atoms with Gasteiger partial charge in [-0.2, -0.15) is 0 Å². The molecule has 0 aliphatic carbocycles. The first kappa shape index (κ1) is 14.3. The second-order valence-electron chi connectivity index (χ2n) is 4.71. The maximum absolute atomic E-state index is 11.4. The highest BCUT2D eigenvalue weighted by molar-refractivity contribution is 9.10. The molecule has 4 heteroatoms. The SMILES string of the molecule is COCC1=CCN(c2ccc(C(C)=O)c(Br)c2)CC1. The van der Waals surface area contributed by atoms with Crippen LogP contribution in [0.15, 0.2) is 34.3 Å². The summed E-state index contributed by atoms with van der Waals surface area (Å²) in [5, 5.41) is 0. The van der Waals surface area contributed by atoms with Crippen molar-refractivity contribution in [2.45, 2.75) is 13.3 Å². The number of Topliss-reactive ketones (excluding diaryl/α,β-unsaturated/α-hetero) is 1. The number of nitrogens with zero attached hydrogens (tertiary/aromatic N) is 1. The van der Waals surface area contributed by atoms with Gasteiger partial charge in [0, 0.05) is 35.9 Å². The zero-order chi connectivity index (χ0) is 13.8. The molecular weight excluding hydrogens is 306 g/mol. The Hall–Kier alpha value is -1.13. The van der Waals surface area contributed by atoms with Crippen molar-refractivity contribution in [1.29, 1.82) is 0 Å². The lowest BCUT2D eigenvalue weighted by Gasteiger charge is -2.28. The molecule has 2 rings (SSSR count). The van der Waals surface area contributed by atoms with Gasteiger partial charge in [-0.25, -0.2) is 0 Å². The van der Waals surface area contributed by atoms with E-state index in [0.29, 0.717) is 0 Å². The van der Waals surface area contributed by atoms with E-state index >= 15 is 0 Å². The molecule has 1 heterocycles. The third-order valence-electron chi connectivity index (χ3n) is 3.33. The number of hydrogen-bond acceptors (Lipinski definition) is 3. The van der Waals surface area contributed by atoms with Gasteiger partial charge in [0.25, 0.3) is 0 Å². The van der Waals surface area contributed by atoms with E-state index in [1.165, 1.54) is 5.57 Å². The highest BCUT2D eigenvalue weighted by Gasteiger charge is 2.14. The van der Waals surface area contributed by atoms with Crippen molar-refractivity contribution in [2.24, 2.45) is 0 Å². The van der Waals surface area contributed by atoms with E-state index in [0.717, 1.165) is 41.8 Å². The first-order valence-corrected chi connectivity index (χ1v) is 7.13.